The normalized spacial score (nSPS) is 15.8. The number of halogens is 1. The van der Waals surface area contributed by atoms with Gasteiger partial charge in [0.05, 0.1) is 7.11 Å². The highest BCUT2D eigenvalue weighted by molar-refractivity contribution is 6.31. The second-order valence-electron chi connectivity index (χ2n) is 4.39. The van der Waals surface area contributed by atoms with Crippen LogP contribution in [0.1, 0.15) is 25.5 Å². The van der Waals surface area contributed by atoms with Crippen LogP contribution in [0.2, 0.25) is 5.02 Å². The molecule has 0 aliphatic heterocycles. The van der Waals surface area contributed by atoms with Crippen LogP contribution in [0.15, 0.2) is 24.3 Å². The maximum atomic E-state index is 11.3. The van der Waals surface area contributed by atoms with E-state index >= 15 is 0 Å². The summed E-state index contributed by atoms with van der Waals surface area (Å²) in [7, 11) is 1.24. The Morgan fingerprint density at radius 3 is 2.72 bits per heavy atom. The van der Waals surface area contributed by atoms with Gasteiger partial charge < -0.3 is 15.2 Å². The van der Waals surface area contributed by atoms with Crippen LogP contribution in [0.4, 0.5) is 0 Å². The first-order chi connectivity index (χ1) is 8.38. The molecule has 1 unspecified atom stereocenters. The fourth-order valence-corrected chi connectivity index (χ4v) is 1.88. The van der Waals surface area contributed by atoms with Crippen LogP contribution in [0.3, 0.4) is 0 Å². The van der Waals surface area contributed by atoms with E-state index in [1.807, 2.05) is 25.1 Å². The Kier molecular flexibility index (Phi) is 5.14. The third-order valence-corrected chi connectivity index (χ3v) is 3.09. The van der Waals surface area contributed by atoms with Crippen LogP contribution in [-0.4, -0.2) is 30.3 Å². The van der Waals surface area contributed by atoms with Crippen molar-refractivity contribution in [1.29, 1.82) is 0 Å². The largest absolute Gasteiger partial charge is 0.467 e. The van der Waals surface area contributed by atoms with Gasteiger partial charge in [0, 0.05) is 17.6 Å². The molecular weight excluding hydrogens is 254 g/mol. The Bertz CT molecular complexity index is 420. The summed E-state index contributed by atoms with van der Waals surface area (Å²) in [5.41, 5.74) is -0.635. The highest BCUT2D eigenvalue weighted by atomic mass is 35.5. The maximum absolute atomic E-state index is 11.3. The SMILES string of the molecule is COC(=O)C(C)(O)CN[C@H](C)c1ccccc1Cl. The van der Waals surface area contributed by atoms with Gasteiger partial charge in [-0.3, -0.25) is 0 Å². The van der Waals surface area contributed by atoms with Crippen LogP contribution in [0.25, 0.3) is 0 Å². The van der Waals surface area contributed by atoms with Crippen LogP contribution in [-0.2, 0) is 9.53 Å². The molecule has 1 aromatic rings. The van der Waals surface area contributed by atoms with Crippen LogP contribution in [0.5, 0.6) is 0 Å². The van der Waals surface area contributed by atoms with Gasteiger partial charge in [0.1, 0.15) is 0 Å². The summed E-state index contributed by atoms with van der Waals surface area (Å²) in [5.74, 6) is -0.665. The van der Waals surface area contributed by atoms with Gasteiger partial charge >= 0.3 is 5.97 Å². The Labute approximate surface area is 112 Å². The third-order valence-electron chi connectivity index (χ3n) is 2.75. The highest BCUT2D eigenvalue weighted by Crippen LogP contribution is 2.22. The minimum atomic E-state index is -1.55. The molecule has 2 atom stereocenters. The number of carbonyl (C=O) groups excluding carboxylic acids is 1. The van der Waals surface area contributed by atoms with Crippen molar-refractivity contribution in [1.82, 2.24) is 5.32 Å². The van der Waals surface area contributed by atoms with E-state index in [9.17, 15) is 9.90 Å². The van der Waals surface area contributed by atoms with E-state index < -0.39 is 11.6 Å². The monoisotopic (exact) mass is 271 g/mol. The Morgan fingerprint density at radius 1 is 1.56 bits per heavy atom. The van der Waals surface area contributed by atoms with Crippen LogP contribution in [0, 0.1) is 0 Å². The lowest BCUT2D eigenvalue weighted by atomic mass is 10.0. The van der Waals surface area contributed by atoms with Crippen LogP contribution >= 0.6 is 11.6 Å². The molecule has 1 aromatic carbocycles. The second kappa shape index (κ2) is 6.18. The Balaban J connectivity index is 2.64. The third kappa shape index (κ3) is 3.70. The number of nitrogens with one attached hydrogen (secondary N) is 1. The van der Waals surface area contributed by atoms with Gasteiger partial charge in [-0.2, -0.15) is 0 Å². The zero-order valence-corrected chi connectivity index (χ0v) is 11.5. The van der Waals surface area contributed by atoms with Crippen molar-refractivity contribution in [2.75, 3.05) is 13.7 Å². The smallest absolute Gasteiger partial charge is 0.338 e. The van der Waals surface area contributed by atoms with Crippen molar-refractivity contribution >= 4 is 17.6 Å². The predicted octanol–water partition coefficient (Wildman–Crippen LogP) is 1.91. The fraction of sp³-hybridized carbons (Fsp3) is 0.462. The number of carbonyl (C=O) groups is 1. The summed E-state index contributed by atoms with van der Waals surface area (Å²) in [4.78, 5) is 11.3. The molecule has 0 aliphatic rings. The molecule has 0 heterocycles. The molecule has 0 radical (unpaired) electrons. The lowest BCUT2D eigenvalue weighted by Gasteiger charge is -2.24. The van der Waals surface area contributed by atoms with Gasteiger partial charge in [-0.05, 0) is 25.5 Å². The first-order valence-electron chi connectivity index (χ1n) is 5.67. The molecule has 0 aliphatic carbocycles. The van der Waals surface area contributed by atoms with Gasteiger partial charge in [0.2, 0.25) is 0 Å². The zero-order valence-electron chi connectivity index (χ0n) is 10.7. The molecule has 18 heavy (non-hydrogen) atoms. The molecule has 0 saturated carbocycles. The number of ether oxygens (including phenoxy) is 1. The molecule has 0 fully saturated rings. The fourth-order valence-electron chi connectivity index (χ4n) is 1.58. The van der Waals surface area contributed by atoms with Crippen molar-refractivity contribution in [3.8, 4) is 0 Å². The summed E-state index contributed by atoms with van der Waals surface area (Å²) in [6.07, 6.45) is 0. The molecule has 0 aromatic heterocycles. The summed E-state index contributed by atoms with van der Waals surface area (Å²) in [5, 5.41) is 13.6. The average Bonchev–Trinajstić information content (AvgIpc) is 2.35. The number of esters is 1. The zero-order chi connectivity index (χ0) is 13.8. The van der Waals surface area contributed by atoms with Crippen molar-refractivity contribution < 1.29 is 14.6 Å². The minimum Gasteiger partial charge on any atom is -0.467 e. The maximum Gasteiger partial charge on any atom is 0.338 e. The number of hydrogen-bond donors (Lipinski definition) is 2. The molecule has 4 nitrogen and oxygen atoms in total. The Hall–Kier alpha value is -1.10. The lowest BCUT2D eigenvalue weighted by Crippen LogP contribution is -2.46. The first-order valence-corrected chi connectivity index (χ1v) is 6.05. The molecule has 100 valence electrons. The van der Waals surface area contributed by atoms with Gasteiger partial charge in [-0.15, -0.1) is 0 Å². The van der Waals surface area contributed by atoms with Crippen molar-refractivity contribution in [2.45, 2.75) is 25.5 Å². The van der Waals surface area contributed by atoms with E-state index in [4.69, 9.17) is 11.6 Å². The molecule has 0 bridgehead atoms. The summed E-state index contributed by atoms with van der Waals surface area (Å²) in [6.45, 7) is 3.41. The van der Waals surface area contributed by atoms with E-state index in [-0.39, 0.29) is 12.6 Å². The van der Waals surface area contributed by atoms with Crippen LogP contribution < -0.4 is 5.32 Å². The quantitative estimate of drug-likeness (QED) is 0.804. The first kappa shape index (κ1) is 15.0. The summed E-state index contributed by atoms with van der Waals surface area (Å²) < 4.78 is 4.52. The average molecular weight is 272 g/mol. The van der Waals surface area contributed by atoms with Gasteiger partial charge in [0.15, 0.2) is 5.60 Å². The van der Waals surface area contributed by atoms with Gasteiger partial charge in [-0.25, -0.2) is 4.79 Å². The van der Waals surface area contributed by atoms with Crippen molar-refractivity contribution in [2.24, 2.45) is 0 Å². The molecule has 0 saturated heterocycles. The number of rotatable bonds is 5. The molecule has 1 rings (SSSR count). The molecular formula is C13H18ClNO3. The predicted molar refractivity (Wildman–Crippen MR) is 70.5 cm³/mol. The summed E-state index contributed by atoms with van der Waals surface area (Å²) >= 11 is 6.06. The van der Waals surface area contributed by atoms with Gasteiger partial charge in [-0.1, -0.05) is 29.8 Å². The van der Waals surface area contributed by atoms with E-state index in [0.717, 1.165) is 5.56 Å². The van der Waals surface area contributed by atoms with Crippen molar-refractivity contribution in [3.05, 3.63) is 34.9 Å². The van der Waals surface area contributed by atoms with E-state index in [0.29, 0.717) is 5.02 Å². The number of benzene rings is 1. The molecule has 5 heteroatoms. The molecule has 0 amide bonds. The van der Waals surface area contributed by atoms with E-state index in [1.54, 1.807) is 6.07 Å². The standard InChI is InChI=1S/C13H18ClNO3/c1-9(10-6-4-5-7-11(10)14)15-8-13(2,17)12(16)18-3/h4-7,9,15,17H,8H2,1-3H3/t9-,13?/m1/s1. The number of hydrogen-bond acceptors (Lipinski definition) is 4. The van der Waals surface area contributed by atoms with Crippen molar-refractivity contribution in [3.63, 3.8) is 0 Å². The topological polar surface area (TPSA) is 58.6 Å². The van der Waals surface area contributed by atoms with E-state index in [1.165, 1.54) is 14.0 Å². The lowest BCUT2D eigenvalue weighted by molar-refractivity contribution is -0.160. The molecule has 2 N–H and O–H groups in total. The Morgan fingerprint density at radius 2 is 2.17 bits per heavy atom. The minimum absolute atomic E-state index is 0.0742. The summed E-state index contributed by atoms with van der Waals surface area (Å²) in [6, 6.07) is 7.36. The second-order valence-corrected chi connectivity index (χ2v) is 4.80. The number of methoxy groups -OCH3 is 1. The van der Waals surface area contributed by atoms with E-state index in [2.05, 4.69) is 10.1 Å². The number of aliphatic hydroxyl groups is 1. The molecule has 0 spiro atoms. The van der Waals surface area contributed by atoms with Gasteiger partial charge in [0.25, 0.3) is 0 Å². The highest BCUT2D eigenvalue weighted by Gasteiger charge is 2.31.